The molecular weight excluding hydrogens is 288 g/mol. The van der Waals surface area contributed by atoms with Gasteiger partial charge in [-0.25, -0.2) is 0 Å². The predicted molar refractivity (Wildman–Crippen MR) is 63.0 cm³/mol. The zero-order valence-electron chi connectivity index (χ0n) is 9.41. The minimum Gasteiger partial charge on any atom is -0.481 e. The van der Waals surface area contributed by atoms with Crippen molar-refractivity contribution in [3.63, 3.8) is 0 Å². The molecule has 4 rings (SSSR count). The first-order valence-electron chi connectivity index (χ1n) is 5.95. The topological polar surface area (TPSA) is 74.6 Å². The first-order chi connectivity index (χ1) is 7.79. The molecule has 5 heteroatoms. The van der Waals surface area contributed by atoms with E-state index in [1.54, 1.807) is 0 Å². The molecule has 4 saturated carbocycles. The average molecular weight is 303 g/mol. The smallest absolute Gasteiger partial charge is 0.309 e. The monoisotopic (exact) mass is 302 g/mol. The zero-order valence-corrected chi connectivity index (χ0v) is 11.0. The third-order valence-electron chi connectivity index (χ3n) is 4.91. The van der Waals surface area contributed by atoms with Gasteiger partial charge in [0.15, 0.2) is 0 Å². The highest BCUT2D eigenvalue weighted by Gasteiger charge is 2.67. The van der Waals surface area contributed by atoms with Gasteiger partial charge in [-0.2, -0.15) is 0 Å². The van der Waals surface area contributed by atoms with Gasteiger partial charge in [-0.15, -0.1) is 0 Å². The molecule has 4 fully saturated rings. The Kier molecular flexibility index (Phi) is 2.06. The van der Waals surface area contributed by atoms with Crippen LogP contribution in [0.15, 0.2) is 0 Å². The Morgan fingerprint density at radius 2 is 1.41 bits per heavy atom. The second-order valence-electron chi connectivity index (χ2n) is 6.33. The van der Waals surface area contributed by atoms with Gasteiger partial charge in [0.25, 0.3) is 0 Å². The summed E-state index contributed by atoms with van der Waals surface area (Å²) in [5.74, 6) is -1.37. The number of hydrogen-bond acceptors (Lipinski definition) is 2. The van der Waals surface area contributed by atoms with Crippen LogP contribution in [-0.4, -0.2) is 26.5 Å². The van der Waals surface area contributed by atoms with Crippen molar-refractivity contribution in [2.75, 3.05) is 0 Å². The Morgan fingerprint density at radius 3 is 1.76 bits per heavy atom. The van der Waals surface area contributed by atoms with Gasteiger partial charge >= 0.3 is 11.9 Å². The molecule has 4 aliphatic rings. The summed E-state index contributed by atoms with van der Waals surface area (Å²) < 4.78 is -0.261. The summed E-state index contributed by atoms with van der Waals surface area (Å²) >= 11 is 3.64. The third kappa shape index (κ3) is 1.41. The Balaban J connectivity index is 2.09. The summed E-state index contributed by atoms with van der Waals surface area (Å²) in [7, 11) is 0. The van der Waals surface area contributed by atoms with Gasteiger partial charge in [0.05, 0.1) is 10.8 Å². The third-order valence-corrected chi connectivity index (χ3v) is 5.79. The Morgan fingerprint density at radius 1 is 0.941 bits per heavy atom. The molecule has 2 atom stereocenters. The van der Waals surface area contributed by atoms with Crippen LogP contribution in [0.1, 0.15) is 38.5 Å². The molecular formula is C12H15BrO4. The van der Waals surface area contributed by atoms with E-state index in [4.69, 9.17) is 0 Å². The van der Waals surface area contributed by atoms with Gasteiger partial charge < -0.3 is 10.2 Å². The highest BCUT2D eigenvalue weighted by molar-refractivity contribution is 9.10. The summed E-state index contributed by atoms with van der Waals surface area (Å²) in [5, 5.41) is 19.0. The number of carboxylic acid groups (broad SMARTS) is 2. The van der Waals surface area contributed by atoms with Crippen molar-refractivity contribution in [1.29, 1.82) is 0 Å². The number of aliphatic carboxylic acids is 2. The van der Waals surface area contributed by atoms with E-state index >= 15 is 0 Å². The van der Waals surface area contributed by atoms with E-state index in [9.17, 15) is 19.8 Å². The van der Waals surface area contributed by atoms with E-state index in [0.717, 1.165) is 6.42 Å². The second-order valence-corrected chi connectivity index (χ2v) is 8.01. The normalized spacial score (nSPS) is 51.5. The van der Waals surface area contributed by atoms with E-state index in [2.05, 4.69) is 15.9 Å². The van der Waals surface area contributed by atoms with Gasteiger partial charge in [0, 0.05) is 4.32 Å². The minimum absolute atomic E-state index is 0.248. The minimum atomic E-state index is -0.809. The molecule has 0 aromatic heterocycles. The highest BCUT2D eigenvalue weighted by Crippen LogP contribution is 2.69. The quantitative estimate of drug-likeness (QED) is 0.767. The van der Waals surface area contributed by atoms with Crippen molar-refractivity contribution in [3.05, 3.63) is 0 Å². The average Bonchev–Trinajstić information content (AvgIpc) is 2.12. The Hall–Kier alpha value is -0.580. The molecule has 0 amide bonds. The van der Waals surface area contributed by atoms with Crippen molar-refractivity contribution in [1.82, 2.24) is 0 Å². The molecule has 0 saturated heterocycles. The fourth-order valence-corrected chi connectivity index (χ4v) is 6.33. The number of carbonyl (C=O) groups is 2. The van der Waals surface area contributed by atoms with E-state index in [-0.39, 0.29) is 10.2 Å². The van der Waals surface area contributed by atoms with Gasteiger partial charge in [0.2, 0.25) is 0 Å². The van der Waals surface area contributed by atoms with E-state index < -0.39 is 22.8 Å². The maximum absolute atomic E-state index is 11.5. The van der Waals surface area contributed by atoms with Gasteiger partial charge in [-0.3, -0.25) is 9.59 Å². The van der Waals surface area contributed by atoms with Crippen LogP contribution in [0.5, 0.6) is 0 Å². The van der Waals surface area contributed by atoms with E-state index in [1.165, 1.54) is 0 Å². The number of alkyl halides is 1. The van der Waals surface area contributed by atoms with E-state index in [1.807, 2.05) is 0 Å². The lowest BCUT2D eigenvalue weighted by Gasteiger charge is -2.62. The van der Waals surface area contributed by atoms with Crippen LogP contribution in [0.2, 0.25) is 0 Å². The van der Waals surface area contributed by atoms with Crippen LogP contribution in [0.25, 0.3) is 0 Å². The SMILES string of the molecule is O=C(O)C12CC3CC(Br)(C1)CC(C(=O)O)(C3)C2. The largest absolute Gasteiger partial charge is 0.481 e. The van der Waals surface area contributed by atoms with Crippen LogP contribution in [0.3, 0.4) is 0 Å². The van der Waals surface area contributed by atoms with Crippen molar-refractivity contribution in [2.45, 2.75) is 42.8 Å². The van der Waals surface area contributed by atoms with Gasteiger partial charge in [0.1, 0.15) is 0 Å². The van der Waals surface area contributed by atoms with Crippen LogP contribution in [-0.2, 0) is 9.59 Å². The lowest BCUT2D eigenvalue weighted by molar-refractivity contribution is -0.183. The molecule has 4 nitrogen and oxygen atoms in total. The predicted octanol–water partition coefficient (Wildman–Crippen LogP) is 2.26. The van der Waals surface area contributed by atoms with Crippen LogP contribution in [0.4, 0.5) is 0 Å². The molecule has 0 heterocycles. The number of carboxylic acids is 2. The maximum Gasteiger partial charge on any atom is 0.309 e. The number of rotatable bonds is 2. The summed E-state index contributed by atoms with van der Waals surface area (Å²) in [5.41, 5.74) is -1.61. The van der Waals surface area contributed by atoms with Crippen molar-refractivity contribution in [3.8, 4) is 0 Å². The molecule has 0 aromatic carbocycles. The molecule has 4 aliphatic carbocycles. The molecule has 17 heavy (non-hydrogen) atoms. The van der Waals surface area contributed by atoms with Crippen molar-refractivity contribution >= 4 is 27.9 Å². The van der Waals surface area contributed by atoms with E-state index in [0.29, 0.717) is 32.1 Å². The van der Waals surface area contributed by atoms with Gasteiger partial charge in [-0.1, -0.05) is 15.9 Å². The first-order valence-corrected chi connectivity index (χ1v) is 6.74. The number of halogens is 1. The molecule has 0 aliphatic heterocycles. The van der Waals surface area contributed by atoms with Crippen LogP contribution >= 0.6 is 15.9 Å². The summed E-state index contributed by atoms with van der Waals surface area (Å²) in [6, 6.07) is 0. The standard InChI is InChI=1S/C12H15BrO4/c13-12-3-7-1-10(5-12,8(14)15)4-11(2-7,6-12)9(16)17/h7H,1-6H2,(H,14,15)(H,16,17). The van der Waals surface area contributed by atoms with Crippen LogP contribution < -0.4 is 0 Å². The first kappa shape index (κ1) is 11.5. The molecule has 2 N–H and O–H groups in total. The Bertz CT molecular complexity index is 389. The van der Waals surface area contributed by atoms with Crippen LogP contribution in [0, 0.1) is 16.7 Å². The molecule has 4 bridgehead atoms. The highest BCUT2D eigenvalue weighted by atomic mass is 79.9. The molecule has 0 spiro atoms. The fourth-order valence-electron chi connectivity index (χ4n) is 4.80. The maximum atomic E-state index is 11.5. The summed E-state index contributed by atoms with van der Waals surface area (Å²) in [4.78, 5) is 23.1. The second kappa shape index (κ2) is 3.05. The molecule has 0 radical (unpaired) electrons. The summed E-state index contributed by atoms with van der Waals surface area (Å²) in [6.07, 6.45) is 3.72. The fraction of sp³-hybridized carbons (Fsp3) is 0.833. The van der Waals surface area contributed by atoms with Crippen molar-refractivity contribution < 1.29 is 19.8 Å². The Labute approximate surface area is 108 Å². The lowest BCUT2D eigenvalue weighted by Crippen LogP contribution is -2.62. The molecule has 0 aromatic rings. The molecule has 94 valence electrons. The van der Waals surface area contributed by atoms with Crippen molar-refractivity contribution in [2.24, 2.45) is 16.7 Å². The summed E-state index contributed by atoms with van der Waals surface area (Å²) in [6.45, 7) is 0. The molecule has 2 unspecified atom stereocenters. The van der Waals surface area contributed by atoms with Gasteiger partial charge in [-0.05, 0) is 44.4 Å². The number of hydrogen-bond donors (Lipinski definition) is 2. The zero-order chi connectivity index (χ0) is 12.5. The lowest BCUT2D eigenvalue weighted by atomic mass is 9.44.